The van der Waals surface area contributed by atoms with Crippen molar-refractivity contribution in [3.05, 3.63) is 53.1 Å². The first-order chi connectivity index (χ1) is 11.3. The Morgan fingerprint density at radius 2 is 1.92 bits per heavy atom. The molecule has 0 atom stereocenters. The van der Waals surface area contributed by atoms with Crippen LogP contribution >= 0.6 is 11.6 Å². The fourth-order valence-electron chi connectivity index (χ4n) is 2.12. The molecular weight excluding hydrogens is 374 g/mol. The molecule has 0 bridgehead atoms. The zero-order valence-corrected chi connectivity index (χ0v) is 14.5. The van der Waals surface area contributed by atoms with E-state index in [0.29, 0.717) is 10.6 Å². The maximum atomic E-state index is 12.4. The molecule has 0 aliphatic carbocycles. The van der Waals surface area contributed by atoms with E-state index >= 15 is 0 Å². The third kappa shape index (κ3) is 3.29. The molecule has 24 heavy (non-hydrogen) atoms. The summed E-state index contributed by atoms with van der Waals surface area (Å²) in [7, 11) is -7.82. The van der Waals surface area contributed by atoms with E-state index in [0.717, 1.165) is 12.4 Å². The van der Waals surface area contributed by atoms with Gasteiger partial charge < -0.3 is 5.32 Å². The van der Waals surface area contributed by atoms with Crippen LogP contribution in [0.25, 0.3) is 0 Å². The van der Waals surface area contributed by atoms with Gasteiger partial charge in [-0.25, -0.2) is 13.1 Å². The summed E-state index contributed by atoms with van der Waals surface area (Å²) in [4.78, 5) is -0.360. The molecule has 0 spiro atoms. The predicted molar refractivity (Wildman–Crippen MR) is 91.2 cm³/mol. The first-order valence-electron chi connectivity index (χ1n) is 6.72. The molecule has 0 fully saturated rings. The quantitative estimate of drug-likeness (QED) is 0.837. The predicted octanol–water partition coefficient (Wildman–Crippen LogP) is 1.96. The summed E-state index contributed by atoms with van der Waals surface area (Å²) >= 11 is 5.99. The highest BCUT2D eigenvalue weighted by Gasteiger charge is 2.24. The second kappa shape index (κ2) is 6.17. The fraction of sp³-hybridized carbons (Fsp3) is 0.0714. The molecule has 1 heterocycles. The summed E-state index contributed by atoms with van der Waals surface area (Å²) in [5.74, 6) is 0. The van der Waals surface area contributed by atoms with Gasteiger partial charge in [0.25, 0.3) is 10.0 Å². The smallest absolute Gasteiger partial charge is 0.285 e. The molecule has 7 nitrogen and oxygen atoms in total. The summed E-state index contributed by atoms with van der Waals surface area (Å²) in [6.07, 6.45) is 1.04. The normalized spacial score (nSPS) is 15.5. The van der Waals surface area contributed by atoms with Gasteiger partial charge in [0, 0.05) is 11.6 Å². The van der Waals surface area contributed by atoms with E-state index in [1.54, 1.807) is 24.3 Å². The van der Waals surface area contributed by atoms with E-state index in [9.17, 15) is 16.8 Å². The van der Waals surface area contributed by atoms with Crippen molar-refractivity contribution in [3.63, 3.8) is 0 Å². The van der Waals surface area contributed by atoms with Crippen molar-refractivity contribution < 1.29 is 16.8 Å². The maximum Gasteiger partial charge on any atom is 0.285 e. The molecule has 2 N–H and O–H groups in total. The molecule has 1 aliphatic rings. The zero-order valence-electron chi connectivity index (χ0n) is 12.1. The Balaban J connectivity index is 1.90. The average Bonchev–Trinajstić information content (AvgIpc) is 2.54. The van der Waals surface area contributed by atoms with Crippen molar-refractivity contribution in [2.75, 3.05) is 5.32 Å². The number of benzene rings is 2. The molecule has 2 aromatic rings. The van der Waals surface area contributed by atoms with Crippen LogP contribution in [0.1, 0.15) is 5.56 Å². The van der Waals surface area contributed by atoms with E-state index in [1.165, 1.54) is 12.1 Å². The van der Waals surface area contributed by atoms with Gasteiger partial charge in [-0.15, -0.1) is 4.40 Å². The van der Waals surface area contributed by atoms with Crippen molar-refractivity contribution in [1.29, 1.82) is 0 Å². The summed E-state index contributed by atoms with van der Waals surface area (Å²) in [5, 5.41) is 3.10. The summed E-state index contributed by atoms with van der Waals surface area (Å²) in [6, 6.07) is 10.6. The van der Waals surface area contributed by atoms with Crippen LogP contribution in [0, 0.1) is 0 Å². The summed E-state index contributed by atoms with van der Waals surface area (Å²) < 4.78 is 54.4. The lowest BCUT2D eigenvalue weighted by Gasteiger charge is -2.14. The highest BCUT2D eigenvalue weighted by molar-refractivity contribution is 7.91. The highest BCUT2D eigenvalue weighted by Crippen LogP contribution is 2.28. The molecule has 126 valence electrons. The first-order valence-corrected chi connectivity index (χ1v) is 10.0. The van der Waals surface area contributed by atoms with Crippen molar-refractivity contribution in [2.24, 2.45) is 4.40 Å². The molecule has 0 saturated heterocycles. The van der Waals surface area contributed by atoms with Crippen LogP contribution in [0.15, 0.2) is 56.7 Å². The zero-order chi connectivity index (χ0) is 17.4. The summed E-state index contributed by atoms with van der Waals surface area (Å²) in [6.45, 7) is -0.0117. The lowest BCUT2D eigenvalue weighted by molar-refractivity contribution is 0.581. The Morgan fingerprint density at radius 3 is 2.67 bits per heavy atom. The van der Waals surface area contributed by atoms with Gasteiger partial charge in [0.1, 0.15) is 11.2 Å². The third-order valence-corrected chi connectivity index (χ3v) is 6.41. The van der Waals surface area contributed by atoms with Gasteiger partial charge in [-0.1, -0.05) is 29.8 Å². The van der Waals surface area contributed by atoms with Gasteiger partial charge in [0.2, 0.25) is 10.0 Å². The number of halogens is 1. The number of hydrogen-bond acceptors (Lipinski definition) is 5. The highest BCUT2D eigenvalue weighted by atomic mass is 35.5. The van der Waals surface area contributed by atoms with Gasteiger partial charge in [-0.05, 0) is 29.8 Å². The van der Waals surface area contributed by atoms with Crippen LogP contribution in [0.4, 0.5) is 5.69 Å². The van der Waals surface area contributed by atoms with Crippen molar-refractivity contribution in [2.45, 2.75) is 16.3 Å². The number of nitrogens with zero attached hydrogens (tertiary/aromatic N) is 1. The van der Waals surface area contributed by atoms with E-state index in [-0.39, 0.29) is 22.0 Å². The number of hydrogen-bond donors (Lipinski definition) is 2. The standard InChI is InChI=1S/C14H12ClN3O4S2/c15-12-4-2-1-3-10(12)8-17-23(19,20)11-5-6-13-14(7-11)24(21,22)18-9-16-13/h1-7,9,17H,8H2,(H,16,18). The molecule has 0 aromatic heterocycles. The van der Waals surface area contributed by atoms with E-state index < -0.39 is 20.0 Å². The molecule has 2 aromatic carbocycles. The largest absolute Gasteiger partial charge is 0.345 e. The molecular formula is C14H12ClN3O4S2. The third-order valence-electron chi connectivity index (χ3n) is 3.36. The first kappa shape index (κ1) is 16.9. The topological polar surface area (TPSA) is 105 Å². The van der Waals surface area contributed by atoms with E-state index in [2.05, 4.69) is 14.4 Å². The van der Waals surface area contributed by atoms with Crippen LogP contribution in [-0.4, -0.2) is 23.2 Å². The minimum atomic E-state index is -3.91. The van der Waals surface area contributed by atoms with Crippen molar-refractivity contribution in [3.8, 4) is 0 Å². The minimum Gasteiger partial charge on any atom is -0.345 e. The second-order valence-corrected chi connectivity index (χ2v) is 8.70. The van der Waals surface area contributed by atoms with Gasteiger partial charge >= 0.3 is 0 Å². The molecule has 3 rings (SSSR count). The molecule has 1 aliphatic heterocycles. The number of anilines is 1. The Morgan fingerprint density at radius 1 is 1.17 bits per heavy atom. The molecule has 0 amide bonds. The van der Waals surface area contributed by atoms with Crippen LogP contribution in [0.3, 0.4) is 0 Å². The molecule has 0 radical (unpaired) electrons. The lowest BCUT2D eigenvalue weighted by Crippen LogP contribution is -2.24. The number of fused-ring (bicyclic) bond motifs is 1. The van der Waals surface area contributed by atoms with Crippen molar-refractivity contribution >= 4 is 43.7 Å². The lowest BCUT2D eigenvalue weighted by atomic mass is 10.2. The van der Waals surface area contributed by atoms with Crippen LogP contribution in [0.2, 0.25) is 5.02 Å². The van der Waals surface area contributed by atoms with Crippen LogP contribution < -0.4 is 10.0 Å². The van der Waals surface area contributed by atoms with Crippen LogP contribution in [0.5, 0.6) is 0 Å². The van der Waals surface area contributed by atoms with Gasteiger partial charge in [0.05, 0.1) is 10.6 Å². The molecule has 10 heteroatoms. The van der Waals surface area contributed by atoms with Gasteiger partial charge in [-0.3, -0.25) is 0 Å². The monoisotopic (exact) mass is 385 g/mol. The fourth-order valence-corrected chi connectivity index (χ4v) is 4.42. The van der Waals surface area contributed by atoms with E-state index in [1.807, 2.05) is 0 Å². The van der Waals surface area contributed by atoms with E-state index in [4.69, 9.17) is 11.6 Å². The Bertz CT molecular complexity index is 1030. The van der Waals surface area contributed by atoms with Crippen LogP contribution in [-0.2, 0) is 26.6 Å². The Hall–Kier alpha value is -1.94. The Labute approximate surface area is 144 Å². The molecule has 0 saturated carbocycles. The number of sulfonamides is 2. The SMILES string of the molecule is O=S1(=O)N=CNc2ccc(S(=O)(=O)NCc3ccccc3Cl)cc21. The number of rotatable bonds is 4. The Kier molecular flexibility index (Phi) is 4.35. The average molecular weight is 386 g/mol. The van der Waals surface area contributed by atoms with Crippen molar-refractivity contribution in [1.82, 2.24) is 4.72 Å². The van der Waals surface area contributed by atoms with Gasteiger partial charge in [-0.2, -0.15) is 8.42 Å². The minimum absolute atomic E-state index is 0.0117. The van der Waals surface area contributed by atoms with Gasteiger partial charge in [0.15, 0.2) is 0 Å². The number of nitrogens with one attached hydrogen (secondary N) is 2. The molecule has 0 unspecified atom stereocenters. The second-order valence-electron chi connectivity index (χ2n) is 4.93. The summed E-state index contributed by atoms with van der Waals surface area (Å²) in [5.41, 5.74) is 0.884. The maximum absolute atomic E-state index is 12.4.